The number of piperidine rings is 1. The summed E-state index contributed by atoms with van der Waals surface area (Å²) in [7, 11) is 0. The molecule has 2 aromatic carbocycles. The van der Waals surface area contributed by atoms with Crippen molar-refractivity contribution in [3.63, 3.8) is 0 Å². The summed E-state index contributed by atoms with van der Waals surface area (Å²) < 4.78 is 0. The van der Waals surface area contributed by atoms with Crippen LogP contribution < -0.4 is 5.32 Å². The molecule has 0 bridgehead atoms. The highest BCUT2D eigenvalue weighted by Gasteiger charge is 2.38. The third-order valence-electron chi connectivity index (χ3n) is 6.59. The smallest absolute Gasteiger partial charge is 0.255 e. The Bertz CT molecular complexity index is 1350. The summed E-state index contributed by atoms with van der Waals surface area (Å²) in [6.45, 7) is 6.14. The molecule has 0 radical (unpaired) electrons. The minimum atomic E-state index is -0.471. The van der Waals surface area contributed by atoms with Crippen LogP contribution in [0.3, 0.4) is 0 Å². The van der Waals surface area contributed by atoms with E-state index in [1.165, 1.54) is 0 Å². The number of allylic oxidation sites excluding steroid dienone is 1. The molecule has 172 valence electrons. The molecule has 3 heterocycles. The lowest BCUT2D eigenvalue weighted by atomic mass is 10.0. The van der Waals surface area contributed by atoms with Gasteiger partial charge in [-0.1, -0.05) is 36.9 Å². The molecule has 0 saturated carbocycles. The maximum atomic E-state index is 12.9. The molecule has 2 aliphatic rings. The monoisotopic (exact) mass is 454 g/mol. The molecule has 7 nitrogen and oxygen atoms in total. The summed E-state index contributed by atoms with van der Waals surface area (Å²) in [4.78, 5) is 48.6. The van der Waals surface area contributed by atoms with Gasteiger partial charge in [0.2, 0.25) is 5.91 Å². The van der Waals surface area contributed by atoms with E-state index in [0.29, 0.717) is 49.3 Å². The molecule has 2 amide bonds. The molecule has 0 spiro atoms. The van der Waals surface area contributed by atoms with Crippen LogP contribution in [0.4, 0.5) is 0 Å². The van der Waals surface area contributed by atoms with Gasteiger partial charge < -0.3 is 10.2 Å². The average molecular weight is 455 g/mol. The summed E-state index contributed by atoms with van der Waals surface area (Å²) in [5, 5.41) is 3.75. The van der Waals surface area contributed by atoms with Crippen molar-refractivity contribution in [2.75, 3.05) is 0 Å². The zero-order chi connectivity index (χ0) is 23.8. The van der Waals surface area contributed by atoms with Gasteiger partial charge in [0.25, 0.3) is 5.91 Å². The van der Waals surface area contributed by atoms with Gasteiger partial charge in [-0.05, 0) is 49.4 Å². The number of nitrogens with zero attached hydrogens (tertiary/aromatic N) is 3. The third kappa shape index (κ3) is 4.21. The molecular weight excluding hydrogens is 428 g/mol. The van der Waals surface area contributed by atoms with Crippen LogP contribution >= 0.6 is 0 Å². The molecule has 0 aliphatic carbocycles. The Morgan fingerprint density at radius 2 is 2.00 bits per heavy atom. The lowest BCUT2D eigenvalue weighted by molar-refractivity contribution is -0.126. The lowest BCUT2D eigenvalue weighted by Crippen LogP contribution is -2.49. The molecule has 5 rings (SSSR count). The van der Waals surface area contributed by atoms with Gasteiger partial charge in [-0.15, -0.1) is 0 Å². The van der Waals surface area contributed by atoms with E-state index in [1.807, 2.05) is 49.4 Å². The molecular formula is C27H26N4O3. The van der Waals surface area contributed by atoms with Crippen LogP contribution in [0.2, 0.25) is 0 Å². The number of para-hydroxylation sites is 1. The number of hydrogen-bond acceptors (Lipinski definition) is 5. The maximum Gasteiger partial charge on any atom is 0.255 e. The Hall–Kier alpha value is -3.87. The number of carbonyl (C=O) groups is 3. The fourth-order valence-corrected chi connectivity index (χ4v) is 4.79. The second-order valence-corrected chi connectivity index (χ2v) is 9.03. The van der Waals surface area contributed by atoms with Gasteiger partial charge in [0.1, 0.15) is 17.6 Å². The van der Waals surface area contributed by atoms with Gasteiger partial charge in [0, 0.05) is 35.3 Å². The Morgan fingerprint density at radius 1 is 1.18 bits per heavy atom. The quantitative estimate of drug-likeness (QED) is 0.616. The predicted molar refractivity (Wildman–Crippen MR) is 128 cm³/mol. The zero-order valence-electron chi connectivity index (χ0n) is 19.1. The van der Waals surface area contributed by atoms with Crippen molar-refractivity contribution >= 4 is 28.5 Å². The molecule has 1 saturated heterocycles. The van der Waals surface area contributed by atoms with Crippen molar-refractivity contribution in [2.24, 2.45) is 0 Å². The van der Waals surface area contributed by atoms with E-state index in [4.69, 9.17) is 0 Å². The van der Waals surface area contributed by atoms with Crippen molar-refractivity contribution in [3.8, 4) is 0 Å². The molecule has 3 aromatic rings. The summed E-state index contributed by atoms with van der Waals surface area (Å²) >= 11 is 0. The summed E-state index contributed by atoms with van der Waals surface area (Å²) in [5.74, 6) is 0.334. The lowest BCUT2D eigenvalue weighted by Gasteiger charge is -2.30. The van der Waals surface area contributed by atoms with Crippen molar-refractivity contribution in [2.45, 2.75) is 51.6 Å². The van der Waals surface area contributed by atoms with Gasteiger partial charge in [-0.2, -0.15) is 0 Å². The van der Waals surface area contributed by atoms with Crippen LogP contribution in [0, 0.1) is 6.92 Å². The minimum Gasteiger partial charge on any atom is -0.329 e. The maximum absolute atomic E-state index is 12.9. The van der Waals surface area contributed by atoms with E-state index in [2.05, 4.69) is 21.9 Å². The first-order chi connectivity index (χ1) is 16.4. The van der Waals surface area contributed by atoms with Crippen molar-refractivity contribution in [3.05, 3.63) is 82.9 Å². The Balaban J connectivity index is 1.23. The van der Waals surface area contributed by atoms with Crippen LogP contribution in [0.15, 0.2) is 54.7 Å². The average Bonchev–Trinajstić information content (AvgIpc) is 3.13. The molecule has 7 heteroatoms. The molecule has 2 aliphatic heterocycles. The number of hydrogen-bond donors (Lipinski definition) is 1. The highest BCUT2D eigenvalue weighted by Crippen LogP contribution is 2.29. The van der Waals surface area contributed by atoms with Crippen LogP contribution in [0.5, 0.6) is 0 Å². The Morgan fingerprint density at radius 3 is 2.82 bits per heavy atom. The second-order valence-electron chi connectivity index (χ2n) is 9.03. The normalized spacial score (nSPS) is 17.7. The van der Waals surface area contributed by atoms with Crippen LogP contribution in [0.25, 0.3) is 10.9 Å². The van der Waals surface area contributed by atoms with Gasteiger partial charge >= 0.3 is 0 Å². The van der Waals surface area contributed by atoms with Crippen molar-refractivity contribution in [1.29, 1.82) is 0 Å². The number of aromatic nitrogens is 2. The number of rotatable bonds is 6. The summed E-state index contributed by atoms with van der Waals surface area (Å²) in [5.41, 5.74) is 4.95. The summed E-state index contributed by atoms with van der Waals surface area (Å²) in [6, 6.07) is 13.0. The molecule has 1 aromatic heterocycles. The first-order valence-electron chi connectivity index (χ1n) is 11.5. The van der Waals surface area contributed by atoms with E-state index >= 15 is 0 Å². The van der Waals surface area contributed by atoms with E-state index in [-0.39, 0.29) is 24.0 Å². The highest BCUT2D eigenvalue weighted by atomic mass is 16.2. The molecule has 1 atom stereocenters. The van der Waals surface area contributed by atoms with E-state index in [1.54, 1.807) is 4.90 Å². The topological polar surface area (TPSA) is 92.3 Å². The first kappa shape index (κ1) is 21.9. The van der Waals surface area contributed by atoms with E-state index < -0.39 is 6.04 Å². The number of carbonyl (C=O) groups excluding carboxylic acids is 3. The molecule has 1 N–H and O–H groups in total. The van der Waals surface area contributed by atoms with E-state index in [0.717, 1.165) is 27.7 Å². The second kappa shape index (κ2) is 8.82. The number of benzene rings is 2. The number of fused-ring (bicyclic) bond motifs is 2. The van der Waals surface area contributed by atoms with Gasteiger partial charge in [0.05, 0.1) is 11.9 Å². The predicted octanol–water partition coefficient (Wildman–Crippen LogP) is 3.43. The Kier molecular flexibility index (Phi) is 5.69. The number of nitrogens with one attached hydrogen (secondary N) is 1. The first-order valence-corrected chi connectivity index (χ1v) is 11.5. The molecule has 1 unspecified atom stereocenters. The van der Waals surface area contributed by atoms with Gasteiger partial charge in [-0.25, -0.2) is 9.97 Å². The third-order valence-corrected chi connectivity index (χ3v) is 6.59. The van der Waals surface area contributed by atoms with Crippen molar-refractivity contribution in [1.82, 2.24) is 20.2 Å². The number of amides is 2. The fraction of sp³-hybridized carbons (Fsp3) is 0.296. The Labute approximate surface area is 197 Å². The van der Waals surface area contributed by atoms with Crippen molar-refractivity contribution < 1.29 is 14.4 Å². The largest absolute Gasteiger partial charge is 0.329 e. The van der Waals surface area contributed by atoms with Gasteiger partial charge in [-0.3, -0.25) is 14.4 Å². The van der Waals surface area contributed by atoms with Crippen LogP contribution in [-0.4, -0.2) is 38.5 Å². The molecule has 1 fully saturated rings. The number of aryl methyl sites for hydroxylation is 2. The van der Waals surface area contributed by atoms with Crippen LogP contribution in [-0.2, 0) is 29.0 Å². The zero-order valence-corrected chi connectivity index (χ0v) is 19.1. The van der Waals surface area contributed by atoms with E-state index in [9.17, 15) is 14.4 Å². The minimum absolute atomic E-state index is 0.0759. The SMILES string of the molecule is C=C1CCC(N2Cc3cc(CCC(=O)Cc4nc(C)c5ccccc5n4)ccc3C2=O)C(=O)N1. The fourth-order valence-electron chi connectivity index (χ4n) is 4.79. The molecule has 34 heavy (non-hydrogen) atoms. The highest BCUT2D eigenvalue weighted by molar-refractivity contribution is 6.01. The number of Topliss-reactive ketones (excluding diaryl/α,β-unsaturated/α-hetero) is 1. The summed E-state index contributed by atoms with van der Waals surface area (Å²) in [6.07, 6.45) is 2.41. The van der Waals surface area contributed by atoms with Crippen LogP contribution in [0.1, 0.15) is 52.3 Å². The van der Waals surface area contributed by atoms with Gasteiger partial charge in [0.15, 0.2) is 0 Å². The standard InChI is InChI=1S/C27H26N4O3/c1-16-7-12-24(26(33)28-16)31-15-19-13-18(9-11-22(19)27(31)34)8-10-20(32)14-25-29-17(2)21-5-3-4-6-23(21)30-25/h3-6,9,11,13,24H,1,7-8,10,12,14-15H2,2H3,(H,28,33). The number of ketones is 1.